The fourth-order valence-electron chi connectivity index (χ4n) is 0. The van der Waals surface area contributed by atoms with E-state index >= 15 is 0 Å². The summed E-state index contributed by atoms with van der Waals surface area (Å²) in [6, 6.07) is 0. The molecule has 3 heteroatoms. The summed E-state index contributed by atoms with van der Waals surface area (Å²) in [4.78, 5) is 0. The first-order valence-electron chi connectivity index (χ1n) is 0.535. The molecule has 4 heavy (non-hydrogen) atoms. The van der Waals surface area contributed by atoms with E-state index in [9.17, 15) is 8.78 Å². The van der Waals surface area contributed by atoms with Crippen LogP contribution in [0.1, 0.15) is 0 Å². The van der Waals surface area contributed by atoms with E-state index in [0.29, 0.717) is 0 Å². The molecule has 0 rings (SSSR count). The summed E-state index contributed by atoms with van der Waals surface area (Å²) in [5.74, 6) is 0. The molecule has 0 aromatic carbocycles. The largest absolute Gasteiger partial charge is 0.229 e. The molecule has 0 unspecified atom stereocenters. The molecule has 0 N–H and O–H groups in total. The molecule has 31 valence electrons. The van der Waals surface area contributed by atoms with Gasteiger partial charge >= 0.3 is 0 Å². The van der Waals surface area contributed by atoms with Gasteiger partial charge in [0, 0.05) is 22.4 Å². The van der Waals surface area contributed by atoms with Gasteiger partial charge < -0.3 is 0 Å². The number of hydrogen-bond acceptors (Lipinski definition) is 0. The van der Waals surface area contributed by atoms with Gasteiger partial charge in [-0.05, 0) is 0 Å². The van der Waals surface area contributed by atoms with Gasteiger partial charge in [0.2, 0.25) is 6.93 Å². The maximum Gasteiger partial charge on any atom is 0.229 e. The molecular formula is CH2AgF2. The van der Waals surface area contributed by atoms with Crippen LogP contribution in [0.15, 0.2) is 0 Å². The Morgan fingerprint density at radius 2 is 1.25 bits per heavy atom. The van der Waals surface area contributed by atoms with E-state index in [4.69, 9.17) is 0 Å². The summed E-state index contributed by atoms with van der Waals surface area (Å²) in [5, 5.41) is 0. The second-order valence-electron chi connectivity index (χ2n) is 0.101. The molecule has 0 bridgehead atoms. The Bertz CT molecular complexity index is 6.00. The summed E-state index contributed by atoms with van der Waals surface area (Å²) in [6.07, 6.45) is 0. The molecule has 0 aromatic heterocycles. The Hall–Kier alpha value is 0.600. The quantitative estimate of drug-likeness (QED) is 0.461. The molecule has 0 aliphatic carbocycles. The smallest absolute Gasteiger partial charge is 0.214 e. The molecule has 0 amide bonds. The molecule has 0 saturated heterocycles. The minimum Gasteiger partial charge on any atom is -0.214 e. The minimum atomic E-state index is -1.75. The molecule has 0 atom stereocenters. The fourth-order valence-corrected chi connectivity index (χ4v) is 0. The van der Waals surface area contributed by atoms with Crippen molar-refractivity contribution in [1.82, 2.24) is 0 Å². The molecule has 0 heterocycles. The first-order valence-corrected chi connectivity index (χ1v) is 0.535. The molecule has 0 aliphatic heterocycles. The van der Waals surface area contributed by atoms with Crippen molar-refractivity contribution in [2.75, 3.05) is 6.93 Å². The predicted octanol–water partition coefficient (Wildman–Crippen LogP) is 0.880. The van der Waals surface area contributed by atoms with Crippen molar-refractivity contribution in [3.8, 4) is 0 Å². The van der Waals surface area contributed by atoms with Gasteiger partial charge in [-0.1, -0.05) is 0 Å². The molecule has 0 saturated carbocycles. The molecule has 0 spiro atoms. The number of hydrogen-bond donors (Lipinski definition) is 0. The summed E-state index contributed by atoms with van der Waals surface area (Å²) < 4.78 is 19.2. The van der Waals surface area contributed by atoms with Crippen molar-refractivity contribution in [2.45, 2.75) is 0 Å². The first-order chi connectivity index (χ1) is 1.41. The van der Waals surface area contributed by atoms with Crippen LogP contribution in [0.2, 0.25) is 0 Å². The standard InChI is InChI=1S/CH2F2.Ag/c2-1-3;/h1H2;. The minimum absolute atomic E-state index is 0. The predicted molar refractivity (Wildman–Crippen MR) is 7.08 cm³/mol. The molecular weight excluding hydrogens is 158 g/mol. The van der Waals surface area contributed by atoms with Crippen LogP contribution in [0.4, 0.5) is 8.78 Å². The van der Waals surface area contributed by atoms with E-state index in [1.807, 2.05) is 0 Å². The van der Waals surface area contributed by atoms with E-state index in [1.165, 1.54) is 0 Å². The maximum absolute atomic E-state index is 9.62. The van der Waals surface area contributed by atoms with Gasteiger partial charge in [-0.15, -0.1) is 0 Å². The van der Waals surface area contributed by atoms with Crippen molar-refractivity contribution in [2.24, 2.45) is 0 Å². The normalized spacial score (nSPS) is 4.50. The number of rotatable bonds is 0. The van der Waals surface area contributed by atoms with Crippen LogP contribution in [0.3, 0.4) is 0 Å². The van der Waals surface area contributed by atoms with Gasteiger partial charge in [0.1, 0.15) is 0 Å². The van der Waals surface area contributed by atoms with E-state index in [2.05, 4.69) is 0 Å². The van der Waals surface area contributed by atoms with Crippen LogP contribution >= 0.6 is 0 Å². The summed E-state index contributed by atoms with van der Waals surface area (Å²) in [5.41, 5.74) is 0. The third kappa shape index (κ3) is 18.5. The average molecular weight is 160 g/mol. The Labute approximate surface area is 38.7 Å². The van der Waals surface area contributed by atoms with Crippen molar-refractivity contribution < 1.29 is 31.2 Å². The third-order valence-corrected chi connectivity index (χ3v) is 0. The second-order valence-corrected chi connectivity index (χ2v) is 0.101. The summed E-state index contributed by atoms with van der Waals surface area (Å²) in [7, 11) is 0. The zero-order chi connectivity index (χ0) is 2.71. The Morgan fingerprint density at radius 3 is 1.25 bits per heavy atom. The van der Waals surface area contributed by atoms with E-state index < -0.39 is 6.93 Å². The van der Waals surface area contributed by atoms with Gasteiger partial charge in [-0.2, -0.15) is 0 Å². The fraction of sp³-hybridized carbons (Fsp3) is 1.00. The van der Waals surface area contributed by atoms with Crippen molar-refractivity contribution in [3.05, 3.63) is 0 Å². The van der Waals surface area contributed by atoms with Gasteiger partial charge in [-0.25, -0.2) is 8.78 Å². The zero-order valence-corrected chi connectivity index (χ0v) is 3.25. The van der Waals surface area contributed by atoms with Crippen LogP contribution in [0.5, 0.6) is 0 Å². The summed E-state index contributed by atoms with van der Waals surface area (Å²) >= 11 is 0. The molecule has 0 fully saturated rings. The molecule has 0 aromatic rings. The second kappa shape index (κ2) is 9.51. The topological polar surface area (TPSA) is 0 Å². The van der Waals surface area contributed by atoms with Gasteiger partial charge in [-0.3, -0.25) is 0 Å². The van der Waals surface area contributed by atoms with Crippen LogP contribution in [-0.2, 0) is 22.4 Å². The molecule has 0 aliphatic rings. The van der Waals surface area contributed by atoms with Gasteiger partial charge in [0.15, 0.2) is 0 Å². The van der Waals surface area contributed by atoms with E-state index in [0.717, 1.165) is 0 Å². The monoisotopic (exact) mass is 159 g/mol. The van der Waals surface area contributed by atoms with Crippen molar-refractivity contribution in [3.63, 3.8) is 0 Å². The SMILES string of the molecule is FCF.[Ag]. The Morgan fingerprint density at radius 1 is 1.25 bits per heavy atom. The molecule has 0 nitrogen and oxygen atoms in total. The van der Waals surface area contributed by atoms with E-state index in [-0.39, 0.29) is 22.4 Å². The zero-order valence-electron chi connectivity index (χ0n) is 1.76. The van der Waals surface area contributed by atoms with Crippen LogP contribution < -0.4 is 0 Å². The Balaban J connectivity index is 0. The van der Waals surface area contributed by atoms with Crippen molar-refractivity contribution >= 4 is 0 Å². The third-order valence-electron chi connectivity index (χ3n) is 0. The van der Waals surface area contributed by atoms with Crippen LogP contribution in [0.25, 0.3) is 0 Å². The van der Waals surface area contributed by atoms with Crippen LogP contribution in [-0.4, -0.2) is 6.93 Å². The number of alkyl halides is 2. The van der Waals surface area contributed by atoms with E-state index in [1.54, 1.807) is 0 Å². The molecule has 1 radical (unpaired) electrons. The number of halogens is 2. The van der Waals surface area contributed by atoms with Crippen LogP contribution in [0, 0.1) is 0 Å². The van der Waals surface area contributed by atoms with Crippen molar-refractivity contribution in [1.29, 1.82) is 0 Å². The maximum atomic E-state index is 9.62. The Kier molecular flexibility index (Phi) is 21.0. The van der Waals surface area contributed by atoms with Gasteiger partial charge in [0.05, 0.1) is 0 Å². The average Bonchev–Trinajstić information content (AvgIpc) is 0.918. The summed E-state index contributed by atoms with van der Waals surface area (Å²) in [6.45, 7) is -1.75. The van der Waals surface area contributed by atoms with Gasteiger partial charge in [0.25, 0.3) is 0 Å². The first kappa shape index (κ1) is 8.82.